The Hall–Kier alpha value is -2.37. The van der Waals surface area contributed by atoms with Crippen molar-refractivity contribution in [1.82, 2.24) is 5.32 Å². The van der Waals surface area contributed by atoms with Gasteiger partial charge < -0.3 is 14.8 Å². The number of amides is 1. The van der Waals surface area contributed by atoms with Gasteiger partial charge in [0, 0.05) is 12.5 Å². The van der Waals surface area contributed by atoms with Crippen LogP contribution in [0.15, 0.2) is 30.3 Å². The van der Waals surface area contributed by atoms with E-state index in [0.717, 1.165) is 0 Å². The fraction of sp³-hybridized carbons (Fsp3) is 0.357. The lowest BCUT2D eigenvalue weighted by Gasteiger charge is -2.18. The number of nitrogens with one attached hydrogen (secondary N) is 1. The van der Waals surface area contributed by atoms with Crippen LogP contribution in [0.2, 0.25) is 0 Å². The monoisotopic (exact) mass is 277 g/mol. The highest BCUT2D eigenvalue weighted by atomic mass is 16.6. The zero-order valence-electron chi connectivity index (χ0n) is 11.0. The highest BCUT2D eigenvalue weighted by Gasteiger charge is 2.36. The predicted octanol–water partition coefficient (Wildman–Crippen LogP) is 0.664. The van der Waals surface area contributed by atoms with Crippen LogP contribution < -0.4 is 5.32 Å². The average Bonchev–Trinajstić information content (AvgIpc) is 2.77. The number of hydrogen-bond donors (Lipinski definition) is 1. The topological polar surface area (TPSA) is 81.7 Å². The number of carbonyl (C=O) groups excluding carboxylic acids is 3. The number of hydrogen-bond acceptors (Lipinski definition) is 5. The number of carbonyl (C=O) groups is 3. The van der Waals surface area contributed by atoms with Gasteiger partial charge in [0.15, 0.2) is 6.10 Å². The largest absolute Gasteiger partial charge is 0.462 e. The van der Waals surface area contributed by atoms with Crippen molar-refractivity contribution in [2.24, 2.45) is 0 Å². The molecule has 20 heavy (non-hydrogen) atoms. The van der Waals surface area contributed by atoms with Crippen molar-refractivity contribution >= 4 is 17.8 Å². The second-order valence-electron chi connectivity index (χ2n) is 4.48. The first-order valence-electron chi connectivity index (χ1n) is 6.25. The maximum atomic E-state index is 12.0. The van der Waals surface area contributed by atoms with Crippen molar-refractivity contribution in [2.75, 3.05) is 6.61 Å². The SMILES string of the molecule is CC(=O)OC[C@H]1OC(=O)C[C@H]1NC(=O)c1ccccc1. The molecular weight excluding hydrogens is 262 g/mol. The smallest absolute Gasteiger partial charge is 0.308 e. The third kappa shape index (κ3) is 3.57. The van der Waals surface area contributed by atoms with Gasteiger partial charge in [0.25, 0.3) is 5.91 Å². The van der Waals surface area contributed by atoms with Gasteiger partial charge in [0.05, 0.1) is 12.5 Å². The first-order valence-corrected chi connectivity index (χ1v) is 6.25. The van der Waals surface area contributed by atoms with Crippen molar-refractivity contribution in [2.45, 2.75) is 25.5 Å². The lowest BCUT2D eigenvalue weighted by atomic mass is 10.1. The van der Waals surface area contributed by atoms with E-state index in [1.54, 1.807) is 24.3 Å². The van der Waals surface area contributed by atoms with Gasteiger partial charge in [-0.05, 0) is 12.1 Å². The Balaban J connectivity index is 1.97. The molecule has 0 aromatic heterocycles. The minimum absolute atomic E-state index is 0.0548. The molecule has 1 aromatic carbocycles. The summed E-state index contributed by atoms with van der Waals surface area (Å²) in [7, 11) is 0. The van der Waals surface area contributed by atoms with Gasteiger partial charge in [-0.2, -0.15) is 0 Å². The molecule has 1 aromatic rings. The summed E-state index contributed by atoms with van der Waals surface area (Å²) >= 11 is 0. The van der Waals surface area contributed by atoms with Gasteiger partial charge in [-0.3, -0.25) is 14.4 Å². The molecule has 6 heteroatoms. The molecule has 1 aliphatic rings. The van der Waals surface area contributed by atoms with E-state index >= 15 is 0 Å². The highest BCUT2D eigenvalue weighted by molar-refractivity contribution is 5.94. The normalized spacial score (nSPS) is 21.1. The maximum absolute atomic E-state index is 12.0. The van der Waals surface area contributed by atoms with Crippen LogP contribution in [0.4, 0.5) is 0 Å². The lowest BCUT2D eigenvalue weighted by molar-refractivity contribution is -0.151. The third-order valence-corrected chi connectivity index (χ3v) is 2.92. The highest BCUT2D eigenvalue weighted by Crippen LogP contribution is 2.16. The third-order valence-electron chi connectivity index (χ3n) is 2.92. The molecule has 1 heterocycles. The second kappa shape index (κ2) is 6.18. The Labute approximate surface area is 116 Å². The lowest BCUT2D eigenvalue weighted by Crippen LogP contribution is -2.42. The van der Waals surface area contributed by atoms with E-state index in [4.69, 9.17) is 9.47 Å². The molecule has 6 nitrogen and oxygen atoms in total. The minimum Gasteiger partial charge on any atom is -0.462 e. The Bertz CT molecular complexity index is 514. The first kappa shape index (κ1) is 14.0. The van der Waals surface area contributed by atoms with Crippen molar-refractivity contribution in [3.63, 3.8) is 0 Å². The molecule has 1 aliphatic heterocycles. The standard InChI is InChI=1S/C14H15NO5/c1-9(16)19-8-12-11(7-13(17)20-12)15-14(18)10-5-3-2-4-6-10/h2-6,11-12H,7-8H2,1H3,(H,15,18)/t11-,12-/m1/s1. The van der Waals surface area contributed by atoms with Crippen molar-refractivity contribution < 1.29 is 23.9 Å². The van der Waals surface area contributed by atoms with Crippen LogP contribution in [0.3, 0.4) is 0 Å². The van der Waals surface area contributed by atoms with Gasteiger partial charge in [-0.15, -0.1) is 0 Å². The van der Waals surface area contributed by atoms with Crippen LogP contribution in [0, 0.1) is 0 Å². The van der Waals surface area contributed by atoms with E-state index < -0.39 is 24.1 Å². The summed E-state index contributed by atoms with van der Waals surface area (Å²) in [6, 6.07) is 8.17. The van der Waals surface area contributed by atoms with Crippen LogP contribution >= 0.6 is 0 Å². The van der Waals surface area contributed by atoms with E-state index in [-0.39, 0.29) is 18.9 Å². The van der Waals surface area contributed by atoms with Crippen LogP contribution in [-0.4, -0.2) is 36.6 Å². The quantitative estimate of drug-likeness (QED) is 0.818. The summed E-state index contributed by atoms with van der Waals surface area (Å²) in [4.78, 5) is 34.1. The zero-order chi connectivity index (χ0) is 14.5. The van der Waals surface area contributed by atoms with Gasteiger partial charge >= 0.3 is 11.9 Å². The first-order chi connectivity index (χ1) is 9.56. The van der Waals surface area contributed by atoms with Crippen LogP contribution in [0.1, 0.15) is 23.7 Å². The number of ether oxygens (including phenoxy) is 2. The Kier molecular flexibility index (Phi) is 4.34. The summed E-state index contributed by atoms with van der Waals surface area (Å²) in [5.41, 5.74) is 0.498. The van der Waals surface area contributed by atoms with Gasteiger partial charge in [0.2, 0.25) is 0 Å². The average molecular weight is 277 g/mol. The van der Waals surface area contributed by atoms with E-state index in [9.17, 15) is 14.4 Å². The number of esters is 2. The molecule has 106 valence electrons. The minimum atomic E-state index is -0.640. The molecule has 0 unspecified atom stereocenters. The molecule has 1 fully saturated rings. The van der Waals surface area contributed by atoms with Crippen molar-refractivity contribution in [1.29, 1.82) is 0 Å². The Morgan fingerprint density at radius 3 is 2.70 bits per heavy atom. The van der Waals surface area contributed by atoms with E-state index in [1.165, 1.54) is 6.92 Å². The summed E-state index contributed by atoms with van der Waals surface area (Å²) in [6.07, 6.45) is -0.566. The molecule has 1 N–H and O–H groups in total. The van der Waals surface area contributed by atoms with Crippen LogP contribution in [0.5, 0.6) is 0 Å². The van der Waals surface area contributed by atoms with Crippen LogP contribution in [-0.2, 0) is 19.1 Å². The summed E-state index contributed by atoms with van der Waals surface area (Å²) in [5.74, 6) is -1.16. The molecular formula is C14H15NO5. The molecule has 0 saturated carbocycles. The van der Waals surface area contributed by atoms with Crippen molar-refractivity contribution in [3.8, 4) is 0 Å². The van der Waals surface area contributed by atoms with Gasteiger partial charge in [-0.25, -0.2) is 0 Å². The molecule has 2 atom stereocenters. The Morgan fingerprint density at radius 2 is 2.05 bits per heavy atom. The van der Waals surface area contributed by atoms with Gasteiger partial charge in [-0.1, -0.05) is 18.2 Å². The summed E-state index contributed by atoms with van der Waals surface area (Å²) in [5, 5.41) is 2.72. The number of benzene rings is 1. The molecule has 1 saturated heterocycles. The Morgan fingerprint density at radius 1 is 1.35 bits per heavy atom. The molecule has 0 radical (unpaired) electrons. The summed E-state index contributed by atoms with van der Waals surface area (Å²) in [6.45, 7) is 1.22. The van der Waals surface area contributed by atoms with E-state index in [1.807, 2.05) is 6.07 Å². The van der Waals surface area contributed by atoms with E-state index in [2.05, 4.69) is 5.32 Å². The van der Waals surface area contributed by atoms with E-state index in [0.29, 0.717) is 5.56 Å². The molecule has 2 rings (SSSR count). The second-order valence-corrected chi connectivity index (χ2v) is 4.48. The fourth-order valence-corrected chi connectivity index (χ4v) is 1.94. The summed E-state index contributed by atoms with van der Waals surface area (Å²) < 4.78 is 9.85. The molecule has 0 spiro atoms. The predicted molar refractivity (Wildman–Crippen MR) is 68.8 cm³/mol. The van der Waals surface area contributed by atoms with Crippen molar-refractivity contribution in [3.05, 3.63) is 35.9 Å². The molecule has 1 amide bonds. The zero-order valence-corrected chi connectivity index (χ0v) is 11.0. The molecule has 0 bridgehead atoms. The van der Waals surface area contributed by atoms with Gasteiger partial charge in [0.1, 0.15) is 6.61 Å². The fourth-order valence-electron chi connectivity index (χ4n) is 1.94. The molecule has 0 aliphatic carbocycles. The maximum Gasteiger partial charge on any atom is 0.308 e. The number of rotatable bonds is 4. The number of cyclic esters (lactones) is 1. The van der Waals surface area contributed by atoms with Crippen LogP contribution in [0.25, 0.3) is 0 Å².